The first-order chi connectivity index (χ1) is 18.2. The third kappa shape index (κ3) is 6.34. The van der Waals surface area contributed by atoms with Crippen molar-refractivity contribution < 1.29 is 35.5 Å². The molecule has 0 spiro atoms. The van der Waals surface area contributed by atoms with Crippen LogP contribution in [0.2, 0.25) is 0 Å². The smallest absolute Gasteiger partial charge is 0.321 e. The minimum absolute atomic E-state index is 0.00723. The van der Waals surface area contributed by atoms with Gasteiger partial charge in [-0.3, -0.25) is 0 Å². The number of nitrogens with one attached hydrogen (secondary N) is 1. The van der Waals surface area contributed by atoms with Crippen LogP contribution in [0.5, 0.6) is 0 Å². The molecule has 39 heavy (non-hydrogen) atoms. The third-order valence-corrected chi connectivity index (χ3v) is 8.07. The SMILES string of the molecule is Cc1cc(F)ccc1C1C(CNC2CCC2)CCN1C(=O)N(C)C(C)c1cc(C(F)(F)F)cc(C(F)(F)F)c1. The van der Waals surface area contributed by atoms with Crippen molar-refractivity contribution in [2.75, 3.05) is 20.1 Å². The monoisotopic (exact) mass is 559 g/mol. The summed E-state index contributed by atoms with van der Waals surface area (Å²) in [6, 6.07) is 4.13. The molecular weight excluding hydrogens is 527 g/mol. The Morgan fingerprint density at radius 1 is 1.03 bits per heavy atom. The van der Waals surface area contributed by atoms with Crippen molar-refractivity contribution in [1.82, 2.24) is 15.1 Å². The lowest BCUT2D eigenvalue weighted by atomic mass is 9.88. The Hall–Kier alpha value is -2.82. The molecular formula is C28H32F7N3O. The molecule has 2 fully saturated rings. The van der Waals surface area contributed by atoms with E-state index in [1.165, 1.54) is 31.0 Å². The van der Waals surface area contributed by atoms with E-state index in [4.69, 9.17) is 0 Å². The highest BCUT2D eigenvalue weighted by molar-refractivity contribution is 5.76. The summed E-state index contributed by atoms with van der Waals surface area (Å²) in [6.45, 7) is 4.14. The number of likely N-dealkylation sites (tertiary alicyclic amines) is 1. The van der Waals surface area contributed by atoms with E-state index in [0.717, 1.165) is 24.8 Å². The van der Waals surface area contributed by atoms with E-state index in [9.17, 15) is 35.5 Å². The van der Waals surface area contributed by atoms with Gasteiger partial charge in [-0.1, -0.05) is 12.5 Å². The number of urea groups is 1. The minimum atomic E-state index is -4.99. The fraction of sp³-hybridized carbons (Fsp3) is 0.536. The van der Waals surface area contributed by atoms with Crippen LogP contribution in [0, 0.1) is 18.7 Å². The van der Waals surface area contributed by atoms with Crippen molar-refractivity contribution in [1.29, 1.82) is 0 Å². The number of halogens is 7. The molecule has 0 bridgehead atoms. The van der Waals surface area contributed by atoms with Crippen molar-refractivity contribution >= 4 is 6.03 Å². The van der Waals surface area contributed by atoms with Gasteiger partial charge < -0.3 is 15.1 Å². The van der Waals surface area contributed by atoms with Crippen LogP contribution < -0.4 is 5.32 Å². The molecule has 4 nitrogen and oxygen atoms in total. The van der Waals surface area contributed by atoms with Gasteiger partial charge in [-0.15, -0.1) is 0 Å². The van der Waals surface area contributed by atoms with Crippen LogP contribution in [0.25, 0.3) is 0 Å². The zero-order valence-electron chi connectivity index (χ0n) is 22.0. The molecule has 1 aliphatic carbocycles. The van der Waals surface area contributed by atoms with E-state index in [1.807, 2.05) is 0 Å². The van der Waals surface area contributed by atoms with E-state index < -0.39 is 47.4 Å². The van der Waals surface area contributed by atoms with Crippen molar-refractivity contribution in [3.8, 4) is 0 Å². The van der Waals surface area contributed by atoms with E-state index in [-0.39, 0.29) is 17.5 Å². The Labute approximate surface area is 223 Å². The fourth-order valence-electron chi connectivity index (χ4n) is 5.42. The van der Waals surface area contributed by atoms with Gasteiger partial charge in [0.05, 0.1) is 23.2 Å². The standard InChI is InChI=1S/C28H32F7N3O/c1-16-11-22(29)7-8-24(16)25-18(15-36-23-5-4-6-23)9-10-38(25)26(39)37(3)17(2)19-12-20(27(30,31)32)14-21(13-19)28(33,34)35/h7-8,11-14,17-18,23,25,36H,4-6,9-10,15H2,1-3H3. The Kier molecular flexibility index (Phi) is 8.21. The first-order valence-corrected chi connectivity index (χ1v) is 13.0. The van der Waals surface area contributed by atoms with Crippen LogP contribution >= 0.6 is 0 Å². The summed E-state index contributed by atoms with van der Waals surface area (Å²) >= 11 is 0. The normalized spacial score (nSPS) is 21.1. The number of nitrogens with zero attached hydrogens (tertiary/aromatic N) is 2. The highest BCUT2D eigenvalue weighted by Crippen LogP contribution is 2.42. The average molecular weight is 560 g/mol. The second-order valence-corrected chi connectivity index (χ2v) is 10.6. The van der Waals surface area contributed by atoms with Gasteiger partial charge in [0, 0.05) is 26.2 Å². The molecule has 1 N–H and O–H groups in total. The number of aryl methyl sites for hydroxylation is 1. The topological polar surface area (TPSA) is 35.6 Å². The van der Waals surface area contributed by atoms with Gasteiger partial charge in [0.25, 0.3) is 0 Å². The van der Waals surface area contributed by atoms with Crippen molar-refractivity contribution in [2.45, 2.75) is 70.0 Å². The number of carbonyl (C=O) groups excluding carboxylic acids is 1. The molecule has 0 radical (unpaired) electrons. The van der Waals surface area contributed by atoms with Crippen LogP contribution in [0.3, 0.4) is 0 Å². The molecule has 3 unspecified atom stereocenters. The minimum Gasteiger partial charge on any atom is -0.321 e. The predicted molar refractivity (Wildman–Crippen MR) is 132 cm³/mol. The Balaban J connectivity index is 1.63. The van der Waals surface area contributed by atoms with Crippen LogP contribution in [-0.4, -0.2) is 42.0 Å². The molecule has 2 aliphatic rings. The Bertz CT molecular complexity index is 1160. The molecule has 4 rings (SSSR count). The van der Waals surface area contributed by atoms with Gasteiger partial charge >= 0.3 is 18.4 Å². The summed E-state index contributed by atoms with van der Waals surface area (Å²) < 4.78 is 94.4. The summed E-state index contributed by atoms with van der Waals surface area (Å²) in [5.74, 6) is -0.403. The largest absolute Gasteiger partial charge is 0.416 e. The average Bonchev–Trinajstić information content (AvgIpc) is 3.23. The molecule has 11 heteroatoms. The predicted octanol–water partition coefficient (Wildman–Crippen LogP) is 7.49. The highest BCUT2D eigenvalue weighted by Gasteiger charge is 2.42. The Morgan fingerprint density at radius 2 is 1.64 bits per heavy atom. The third-order valence-electron chi connectivity index (χ3n) is 8.07. The zero-order valence-corrected chi connectivity index (χ0v) is 22.0. The van der Waals surface area contributed by atoms with E-state index in [0.29, 0.717) is 43.2 Å². The van der Waals surface area contributed by atoms with Crippen LogP contribution in [0.4, 0.5) is 35.5 Å². The van der Waals surface area contributed by atoms with Crippen LogP contribution in [0.15, 0.2) is 36.4 Å². The number of rotatable bonds is 6. The molecule has 1 heterocycles. The fourth-order valence-corrected chi connectivity index (χ4v) is 5.42. The van der Waals surface area contributed by atoms with E-state index in [1.54, 1.807) is 17.9 Å². The quantitative estimate of drug-likeness (QED) is 0.373. The van der Waals surface area contributed by atoms with Gasteiger partial charge in [0.1, 0.15) is 5.82 Å². The van der Waals surface area contributed by atoms with E-state index in [2.05, 4.69) is 5.32 Å². The Morgan fingerprint density at radius 3 is 2.15 bits per heavy atom. The summed E-state index contributed by atoms with van der Waals surface area (Å²) in [5.41, 5.74) is -1.70. The number of hydrogen-bond acceptors (Lipinski definition) is 2. The van der Waals surface area contributed by atoms with E-state index >= 15 is 0 Å². The maximum atomic E-state index is 13.9. The first kappa shape index (κ1) is 29.2. The van der Waals surface area contributed by atoms with Gasteiger partial charge in [0.15, 0.2) is 0 Å². The summed E-state index contributed by atoms with van der Waals surface area (Å²) in [7, 11) is 1.37. The molecule has 3 atom stereocenters. The molecule has 1 saturated carbocycles. The summed E-state index contributed by atoms with van der Waals surface area (Å²) in [5, 5.41) is 3.53. The van der Waals surface area contributed by atoms with Crippen molar-refractivity contribution in [3.05, 3.63) is 70.0 Å². The van der Waals surface area contributed by atoms with Crippen LogP contribution in [-0.2, 0) is 12.4 Å². The molecule has 214 valence electrons. The number of amides is 2. The van der Waals surface area contributed by atoms with Gasteiger partial charge in [-0.05, 0) is 86.1 Å². The lowest BCUT2D eigenvalue weighted by Gasteiger charge is -2.36. The van der Waals surface area contributed by atoms with Gasteiger partial charge in [-0.2, -0.15) is 26.3 Å². The molecule has 1 saturated heterocycles. The van der Waals surface area contributed by atoms with Crippen LogP contribution in [0.1, 0.15) is 72.5 Å². The molecule has 0 aromatic heterocycles. The lowest BCUT2D eigenvalue weighted by molar-refractivity contribution is -0.143. The second-order valence-electron chi connectivity index (χ2n) is 10.6. The highest BCUT2D eigenvalue weighted by atomic mass is 19.4. The molecule has 2 amide bonds. The van der Waals surface area contributed by atoms with Crippen molar-refractivity contribution in [2.24, 2.45) is 5.92 Å². The molecule has 1 aliphatic heterocycles. The van der Waals surface area contributed by atoms with Gasteiger partial charge in [-0.25, -0.2) is 9.18 Å². The number of hydrogen-bond donors (Lipinski definition) is 1. The zero-order chi connectivity index (χ0) is 28.7. The number of alkyl halides is 6. The molecule has 2 aromatic rings. The number of benzene rings is 2. The summed E-state index contributed by atoms with van der Waals surface area (Å²) in [4.78, 5) is 16.5. The maximum absolute atomic E-state index is 13.9. The first-order valence-electron chi connectivity index (χ1n) is 13.0. The lowest BCUT2D eigenvalue weighted by Crippen LogP contribution is -2.44. The summed E-state index contributed by atoms with van der Waals surface area (Å²) in [6.07, 6.45) is -6.02. The van der Waals surface area contributed by atoms with Crippen molar-refractivity contribution in [3.63, 3.8) is 0 Å². The number of carbonyl (C=O) groups is 1. The molecule has 2 aromatic carbocycles. The second kappa shape index (κ2) is 11.0. The van der Waals surface area contributed by atoms with Gasteiger partial charge in [0.2, 0.25) is 0 Å². The maximum Gasteiger partial charge on any atom is 0.416 e.